The minimum absolute atomic E-state index is 0.158. The van der Waals surface area contributed by atoms with Crippen LogP contribution in [0.15, 0.2) is 12.7 Å². The fourth-order valence-corrected chi connectivity index (χ4v) is 2.37. The Bertz CT molecular complexity index is 223. The largest absolute Gasteiger partial charge is 0.466 e. The first-order valence-corrected chi connectivity index (χ1v) is 8.51. The van der Waals surface area contributed by atoms with Crippen LogP contribution in [0.4, 0.5) is 0 Å². The van der Waals surface area contributed by atoms with E-state index in [-0.39, 0.29) is 5.97 Å². The minimum Gasteiger partial charge on any atom is -0.466 e. The lowest BCUT2D eigenvalue weighted by atomic mass is 10.0. The van der Waals surface area contributed by atoms with Crippen molar-refractivity contribution in [2.75, 3.05) is 6.61 Å². The molecule has 20 heavy (non-hydrogen) atoms. The van der Waals surface area contributed by atoms with Crippen LogP contribution < -0.4 is 0 Å². The van der Waals surface area contributed by atoms with Gasteiger partial charge in [-0.2, -0.15) is 0 Å². The smallest absolute Gasteiger partial charge is 0.302 e. The van der Waals surface area contributed by atoms with Crippen molar-refractivity contribution in [2.45, 2.75) is 90.4 Å². The van der Waals surface area contributed by atoms with E-state index in [0.717, 1.165) is 6.42 Å². The van der Waals surface area contributed by atoms with Crippen LogP contribution in [-0.4, -0.2) is 12.6 Å². The summed E-state index contributed by atoms with van der Waals surface area (Å²) < 4.78 is 4.90. The molecule has 0 amide bonds. The standard InChI is InChI=1S/C18H34O2/c1-3-4-5-6-7-8-9-10-11-12-13-14-15-16-17-20-18(2)19/h3H,1,4-17H2,2H3. The second-order valence-electron chi connectivity index (χ2n) is 5.66. The Balaban J connectivity index is 2.95. The zero-order valence-electron chi connectivity index (χ0n) is 13.5. The Morgan fingerprint density at radius 1 is 0.800 bits per heavy atom. The summed E-state index contributed by atoms with van der Waals surface area (Å²) in [4.78, 5) is 10.6. The number of hydrogen-bond acceptors (Lipinski definition) is 2. The maximum Gasteiger partial charge on any atom is 0.302 e. The van der Waals surface area contributed by atoms with Gasteiger partial charge in [-0.1, -0.05) is 70.3 Å². The molecule has 0 rings (SSSR count). The summed E-state index contributed by atoms with van der Waals surface area (Å²) >= 11 is 0. The van der Waals surface area contributed by atoms with E-state index in [0.29, 0.717) is 6.61 Å². The van der Waals surface area contributed by atoms with Crippen molar-refractivity contribution in [3.8, 4) is 0 Å². The van der Waals surface area contributed by atoms with E-state index in [1.165, 1.54) is 84.0 Å². The maximum atomic E-state index is 10.6. The third-order valence-corrected chi connectivity index (χ3v) is 3.61. The molecule has 0 aromatic carbocycles. The summed E-state index contributed by atoms with van der Waals surface area (Å²) in [6.45, 7) is 5.82. The molecule has 0 spiro atoms. The normalized spacial score (nSPS) is 10.4. The van der Waals surface area contributed by atoms with Gasteiger partial charge in [0.15, 0.2) is 0 Å². The molecule has 0 radical (unpaired) electrons. The zero-order valence-corrected chi connectivity index (χ0v) is 13.5. The number of unbranched alkanes of at least 4 members (excludes halogenated alkanes) is 12. The second-order valence-corrected chi connectivity index (χ2v) is 5.66. The van der Waals surface area contributed by atoms with Gasteiger partial charge in [0.2, 0.25) is 0 Å². The molecule has 0 unspecified atom stereocenters. The van der Waals surface area contributed by atoms with Crippen molar-refractivity contribution < 1.29 is 9.53 Å². The summed E-state index contributed by atoms with van der Waals surface area (Å²) in [5.74, 6) is -0.158. The molecule has 0 N–H and O–H groups in total. The molecular formula is C18H34O2. The Morgan fingerprint density at radius 2 is 1.20 bits per heavy atom. The van der Waals surface area contributed by atoms with Gasteiger partial charge in [0, 0.05) is 6.92 Å². The fourth-order valence-electron chi connectivity index (χ4n) is 2.37. The van der Waals surface area contributed by atoms with Crippen molar-refractivity contribution in [3.05, 3.63) is 12.7 Å². The minimum atomic E-state index is -0.158. The second kappa shape index (κ2) is 16.3. The molecular weight excluding hydrogens is 248 g/mol. The van der Waals surface area contributed by atoms with Crippen molar-refractivity contribution in [1.29, 1.82) is 0 Å². The molecule has 0 fully saturated rings. The number of hydrogen-bond donors (Lipinski definition) is 0. The third kappa shape index (κ3) is 17.2. The highest BCUT2D eigenvalue weighted by atomic mass is 16.5. The van der Waals surface area contributed by atoms with Crippen LogP contribution in [0.3, 0.4) is 0 Å². The van der Waals surface area contributed by atoms with Crippen molar-refractivity contribution >= 4 is 5.97 Å². The van der Waals surface area contributed by atoms with E-state index in [1.54, 1.807) is 0 Å². The van der Waals surface area contributed by atoms with Gasteiger partial charge < -0.3 is 4.74 Å². The molecule has 0 aromatic rings. The van der Waals surface area contributed by atoms with E-state index in [4.69, 9.17) is 4.74 Å². The van der Waals surface area contributed by atoms with Gasteiger partial charge in [-0.25, -0.2) is 0 Å². The van der Waals surface area contributed by atoms with Gasteiger partial charge in [0.1, 0.15) is 0 Å². The van der Waals surface area contributed by atoms with Gasteiger partial charge in [-0.05, 0) is 19.3 Å². The lowest BCUT2D eigenvalue weighted by molar-refractivity contribution is -0.141. The Labute approximate surface area is 126 Å². The number of ether oxygens (including phenoxy) is 1. The number of allylic oxidation sites excluding steroid dienone is 1. The van der Waals surface area contributed by atoms with Crippen molar-refractivity contribution in [2.24, 2.45) is 0 Å². The van der Waals surface area contributed by atoms with Crippen molar-refractivity contribution in [3.63, 3.8) is 0 Å². The summed E-state index contributed by atoms with van der Waals surface area (Å²) in [6, 6.07) is 0. The SMILES string of the molecule is C=CCCCCCCCCCCCCCCOC(C)=O. The van der Waals surface area contributed by atoms with Gasteiger partial charge in [-0.15, -0.1) is 6.58 Å². The van der Waals surface area contributed by atoms with Crippen LogP contribution in [0.5, 0.6) is 0 Å². The Kier molecular flexibility index (Phi) is 15.6. The van der Waals surface area contributed by atoms with Crippen molar-refractivity contribution in [1.82, 2.24) is 0 Å². The molecule has 0 bridgehead atoms. The predicted octanol–water partition coefficient (Wildman–Crippen LogP) is 5.81. The summed E-state index contributed by atoms with van der Waals surface area (Å²) in [5.41, 5.74) is 0. The van der Waals surface area contributed by atoms with E-state index >= 15 is 0 Å². The first kappa shape index (κ1) is 19.2. The van der Waals surface area contributed by atoms with Crippen LogP contribution in [0.25, 0.3) is 0 Å². The van der Waals surface area contributed by atoms with Gasteiger partial charge >= 0.3 is 5.97 Å². The summed E-state index contributed by atoms with van der Waals surface area (Å²) in [6.07, 6.45) is 19.1. The maximum absolute atomic E-state index is 10.6. The fraction of sp³-hybridized carbons (Fsp3) is 0.833. The van der Waals surface area contributed by atoms with Gasteiger partial charge in [-0.3, -0.25) is 4.79 Å². The van der Waals surface area contributed by atoms with Crippen LogP contribution in [0.2, 0.25) is 0 Å². The average Bonchev–Trinajstić information content (AvgIpc) is 2.43. The molecule has 0 atom stereocenters. The monoisotopic (exact) mass is 282 g/mol. The Morgan fingerprint density at radius 3 is 1.60 bits per heavy atom. The predicted molar refractivity (Wildman–Crippen MR) is 86.9 cm³/mol. The summed E-state index contributed by atoms with van der Waals surface area (Å²) in [5, 5.41) is 0. The zero-order chi connectivity index (χ0) is 14.9. The van der Waals surface area contributed by atoms with Crippen LogP contribution in [0, 0.1) is 0 Å². The average molecular weight is 282 g/mol. The molecule has 118 valence electrons. The lowest BCUT2D eigenvalue weighted by Gasteiger charge is -2.03. The van der Waals surface area contributed by atoms with E-state index < -0.39 is 0 Å². The van der Waals surface area contributed by atoms with Gasteiger partial charge in [0.25, 0.3) is 0 Å². The van der Waals surface area contributed by atoms with E-state index in [1.807, 2.05) is 6.08 Å². The highest BCUT2D eigenvalue weighted by molar-refractivity contribution is 5.65. The topological polar surface area (TPSA) is 26.3 Å². The van der Waals surface area contributed by atoms with Crippen LogP contribution >= 0.6 is 0 Å². The van der Waals surface area contributed by atoms with E-state index in [2.05, 4.69) is 6.58 Å². The number of carbonyl (C=O) groups excluding carboxylic acids is 1. The molecule has 0 saturated carbocycles. The highest BCUT2D eigenvalue weighted by Gasteiger charge is 1.95. The molecule has 0 aliphatic rings. The molecule has 0 saturated heterocycles. The molecule has 2 heteroatoms. The first-order valence-electron chi connectivity index (χ1n) is 8.51. The quantitative estimate of drug-likeness (QED) is 0.215. The number of carbonyl (C=O) groups is 1. The highest BCUT2D eigenvalue weighted by Crippen LogP contribution is 2.12. The molecule has 0 heterocycles. The van der Waals surface area contributed by atoms with Crippen LogP contribution in [-0.2, 0) is 9.53 Å². The van der Waals surface area contributed by atoms with E-state index in [9.17, 15) is 4.79 Å². The number of rotatable bonds is 15. The third-order valence-electron chi connectivity index (χ3n) is 3.61. The first-order chi connectivity index (χ1) is 9.77. The lowest BCUT2D eigenvalue weighted by Crippen LogP contribution is -2.00. The Hall–Kier alpha value is -0.790. The number of esters is 1. The summed E-state index contributed by atoms with van der Waals surface area (Å²) in [7, 11) is 0. The molecule has 2 nitrogen and oxygen atoms in total. The molecule has 0 aliphatic carbocycles. The molecule has 0 aromatic heterocycles. The van der Waals surface area contributed by atoms with Gasteiger partial charge in [0.05, 0.1) is 6.61 Å². The van der Waals surface area contributed by atoms with Crippen LogP contribution in [0.1, 0.15) is 90.4 Å². The molecule has 0 aliphatic heterocycles.